The summed E-state index contributed by atoms with van der Waals surface area (Å²) in [4.78, 5) is 17.0. The lowest BCUT2D eigenvalue weighted by atomic mass is 10.1. The standard InChI is InChI=1S/C22H19ClN2O6S2/c1-13(15-5-3-4-6-16(15)23)31-19-10-20(32-21(19)22(26)30-2)25-12-24-17-8-7-14(9-18(17)25)11-33(27,28)29/h3-10,12-13H,11H2,1-2H3,(H,27,28,29)/t13-/m1/s1. The van der Waals surface area contributed by atoms with Crippen LogP contribution in [0.2, 0.25) is 5.02 Å². The van der Waals surface area contributed by atoms with Crippen LogP contribution in [0.1, 0.15) is 33.8 Å². The van der Waals surface area contributed by atoms with Crippen LogP contribution in [-0.2, 0) is 20.6 Å². The quantitative estimate of drug-likeness (QED) is 0.276. The van der Waals surface area contributed by atoms with Gasteiger partial charge in [-0.2, -0.15) is 8.42 Å². The van der Waals surface area contributed by atoms with Crippen molar-refractivity contribution in [2.45, 2.75) is 18.8 Å². The Bertz CT molecular complexity index is 1440. The van der Waals surface area contributed by atoms with E-state index in [1.807, 2.05) is 25.1 Å². The van der Waals surface area contributed by atoms with E-state index in [0.29, 0.717) is 32.4 Å². The van der Waals surface area contributed by atoms with E-state index in [4.69, 9.17) is 21.1 Å². The highest BCUT2D eigenvalue weighted by atomic mass is 35.5. The molecular formula is C22H19ClN2O6S2. The fraction of sp³-hybridized carbons (Fsp3) is 0.182. The molecule has 11 heteroatoms. The fourth-order valence-electron chi connectivity index (χ4n) is 3.39. The second kappa shape index (κ2) is 9.14. The molecule has 33 heavy (non-hydrogen) atoms. The number of methoxy groups -OCH3 is 1. The molecule has 0 saturated carbocycles. The molecular weight excluding hydrogens is 488 g/mol. The number of aromatic nitrogens is 2. The molecule has 4 aromatic rings. The van der Waals surface area contributed by atoms with Crippen molar-refractivity contribution >= 4 is 50.1 Å². The van der Waals surface area contributed by atoms with Gasteiger partial charge in [0.2, 0.25) is 0 Å². The summed E-state index contributed by atoms with van der Waals surface area (Å²) < 4.78 is 44.5. The number of esters is 1. The van der Waals surface area contributed by atoms with E-state index in [0.717, 1.165) is 16.9 Å². The van der Waals surface area contributed by atoms with Crippen LogP contribution in [-0.4, -0.2) is 35.6 Å². The Balaban J connectivity index is 1.75. The largest absolute Gasteiger partial charge is 0.484 e. The van der Waals surface area contributed by atoms with Gasteiger partial charge in [0, 0.05) is 16.7 Å². The summed E-state index contributed by atoms with van der Waals surface area (Å²) in [5.74, 6) is -0.746. The third-order valence-corrected chi connectivity index (χ3v) is 7.04. The summed E-state index contributed by atoms with van der Waals surface area (Å²) in [6, 6.07) is 13.8. The van der Waals surface area contributed by atoms with E-state index in [1.54, 1.807) is 41.2 Å². The Kier molecular flexibility index (Phi) is 6.44. The predicted octanol–water partition coefficient (Wildman–Crippen LogP) is 5.05. The number of hydrogen-bond donors (Lipinski definition) is 1. The summed E-state index contributed by atoms with van der Waals surface area (Å²) in [6.45, 7) is 1.83. The van der Waals surface area contributed by atoms with Crippen molar-refractivity contribution in [3.63, 3.8) is 0 Å². The molecule has 0 aliphatic rings. The molecule has 0 saturated heterocycles. The van der Waals surface area contributed by atoms with Crippen LogP contribution < -0.4 is 4.74 Å². The molecule has 4 rings (SSSR count). The Hall–Kier alpha value is -2.92. The third-order valence-electron chi connectivity index (χ3n) is 4.90. The topological polar surface area (TPSA) is 108 Å². The third kappa shape index (κ3) is 5.03. The molecule has 0 amide bonds. The molecule has 0 radical (unpaired) electrons. The van der Waals surface area contributed by atoms with Crippen molar-refractivity contribution in [2.24, 2.45) is 0 Å². The Morgan fingerprint density at radius 1 is 1.24 bits per heavy atom. The predicted molar refractivity (Wildman–Crippen MR) is 126 cm³/mol. The summed E-state index contributed by atoms with van der Waals surface area (Å²) in [5.41, 5.74) is 2.40. The molecule has 0 aliphatic heterocycles. The number of carbonyl (C=O) groups excluding carboxylic acids is 1. The summed E-state index contributed by atoms with van der Waals surface area (Å²) in [5, 5.41) is 1.16. The molecule has 0 spiro atoms. The van der Waals surface area contributed by atoms with Crippen molar-refractivity contribution in [3.05, 3.63) is 75.9 Å². The number of fused-ring (bicyclic) bond motifs is 1. The SMILES string of the molecule is COC(=O)c1sc(-n2cnc3ccc(CS(=O)(=O)O)cc32)cc1O[C@H](C)c1ccccc1Cl. The molecule has 2 heterocycles. The second-order valence-corrected chi connectivity index (χ2v) is 10.1. The van der Waals surface area contributed by atoms with Gasteiger partial charge in [0.1, 0.15) is 28.9 Å². The maximum Gasteiger partial charge on any atom is 0.351 e. The number of nitrogens with zero attached hydrogens (tertiary/aromatic N) is 2. The molecule has 8 nitrogen and oxygen atoms in total. The lowest BCUT2D eigenvalue weighted by Crippen LogP contribution is -2.07. The number of rotatable bonds is 7. The van der Waals surface area contributed by atoms with E-state index >= 15 is 0 Å². The first-order valence-corrected chi connectivity index (χ1v) is 12.5. The maximum absolute atomic E-state index is 12.4. The monoisotopic (exact) mass is 506 g/mol. The van der Waals surface area contributed by atoms with E-state index in [1.165, 1.54) is 7.11 Å². The average Bonchev–Trinajstić information content (AvgIpc) is 3.36. The zero-order chi connectivity index (χ0) is 23.8. The zero-order valence-corrected chi connectivity index (χ0v) is 19.9. The highest BCUT2D eigenvalue weighted by molar-refractivity contribution is 7.85. The van der Waals surface area contributed by atoms with Crippen molar-refractivity contribution in [1.29, 1.82) is 0 Å². The highest BCUT2D eigenvalue weighted by Crippen LogP contribution is 2.37. The van der Waals surface area contributed by atoms with E-state index in [2.05, 4.69) is 4.98 Å². The van der Waals surface area contributed by atoms with Gasteiger partial charge < -0.3 is 9.47 Å². The second-order valence-electron chi connectivity index (χ2n) is 7.22. The van der Waals surface area contributed by atoms with Gasteiger partial charge in [-0.1, -0.05) is 35.9 Å². The van der Waals surface area contributed by atoms with Crippen molar-refractivity contribution in [3.8, 4) is 10.8 Å². The van der Waals surface area contributed by atoms with Crippen molar-refractivity contribution in [1.82, 2.24) is 9.55 Å². The fourth-order valence-corrected chi connectivity index (χ4v) is 5.27. The highest BCUT2D eigenvalue weighted by Gasteiger charge is 2.23. The van der Waals surface area contributed by atoms with Gasteiger partial charge in [0.05, 0.1) is 18.1 Å². The molecule has 2 aromatic carbocycles. The summed E-state index contributed by atoms with van der Waals surface area (Å²) in [7, 11) is -2.90. The molecule has 2 aromatic heterocycles. The minimum Gasteiger partial charge on any atom is -0.484 e. The lowest BCUT2D eigenvalue weighted by molar-refractivity contribution is 0.0600. The number of ether oxygens (including phenoxy) is 2. The molecule has 0 aliphatic carbocycles. The van der Waals surface area contributed by atoms with Gasteiger partial charge in [-0.05, 0) is 30.7 Å². The van der Waals surface area contributed by atoms with Crippen LogP contribution >= 0.6 is 22.9 Å². The van der Waals surface area contributed by atoms with Crippen LogP contribution in [0, 0.1) is 0 Å². The normalized spacial score (nSPS) is 12.6. The van der Waals surface area contributed by atoms with Crippen LogP contribution in [0.3, 0.4) is 0 Å². The van der Waals surface area contributed by atoms with Crippen LogP contribution in [0.15, 0.2) is 54.9 Å². The number of hydrogen-bond acceptors (Lipinski definition) is 7. The molecule has 1 N–H and O–H groups in total. The van der Waals surface area contributed by atoms with Crippen LogP contribution in [0.25, 0.3) is 16.0 Å². The molecule has 0 bridgehead atoms. The Morgan fingerprint density at radius 3 is 2.70 bits per heavy atom. The number of benzene rings is 2. The first-order chi connectivity index (χ1) is 15.7. The lowest BCUT2D eigenvalue weighted by Gasteiger charge is -2.16. The number of imidazole rings is 1. The Morgan fingerprint density at radius 2 is 2.00 bits per heavy atom. The number of carbonyl (C=O) groups is 1. The van der Waals surface area contributed by atoms with Crippen molar-refractivity contribution < 1.29 is 27.2 Å². The van der Waals surface area contributed by atoms with Crippen LogP contribution in [0.4, 0.5) is 0 Å². The zero-order valence-electron chi connectivity index (χ0n) is 17.6. The van der Waals surface area contributed by atoms with E-state index < -0.39 is 27.9 Å². The number of halogens is 1. The summed E-state index contributed by atoms with van der Waals surface area (Å²) in [6.07, 6.45) is 1.13. The minimum absolute atomic E-state index is 0.266. The molecule has 0 fully saturated rings. The first-order valence-electron chi connectivity index (χ1n) is 9.71. The average molecular weight is 507 g/mol. The van der Waals surface area contributed by atoms with E-state index in [-0.39, 0.29) is 4.88 Å². The van der Waals surface area contributed by atoms with Crippen molar-refractivity contribution in [2.75, 3.05) is 7.11 Å². The Labute approximate surface area is 199 Å². The summed E-state index contributed by atoms with van der Waals surface area (Å²) >= 11 is 7.43. The van der Waals surface area contributed by atoms with Crippen LogP contribution in [0.5, 0.6) is 5.75 Å². The minimum atomic E-state index is -4.19. The van der Waals surface area contributed by atoms with E-state index in [9.17, 15) is 17.8 Å². The van der Waals surface area contributed by atoms with Gasteiger partial charge >= 0.3 is 5.97 Å². The van der Waals surface area contributed by atoms with Gasteiger partial charge in [0.15, 0.2) is 4.88 Å². The van der Waals surface area contributed by atoms with Gasteiger partial charge in [-0.25, -0.2) is 9.78 Å². The molecule has 172 valence electrons. The molecule has 1 atom stereocenters. The van der Waals surface area contributed by atoms with Gasteiger partial charge in [0.25, 0.3) is 10.1 Å². The number of thiophene rings is 1. The molecule has 0 unspecified atom stereocenters. The first kappa shape index (κ1) is 23.2. The van der Waals surface area contributed by atoms with Gasteiger partial charge in [-0.3, -0.25) is 9.12 Å². The van der Waals surface area contributed by atoms with Gasteiger partial charge in [-0.15, -0.1) is 11.3 Å². The maximum atomic E-state index is 12.4. The smallest absolute Gasteiger partial charge is 0.351 e.